The van der Waals surface area contributed by atoms with Gasteiger partial charge in [0.25, 0.3) is 0 Å². The first-order chi connectivity index (χ1) is 6.59. The van der Waals surface area contributed by atoms with E-state index in [1.807, 2.05) is 0 Å². The van der Waals surface area contributed by atoms with E-state index in [1.54, 1.807) is 18.2 Å². The van der Waals surface area contributed by atoms with Gasteiger partial charge in [0, 0.05) is 10.1 Å². The van der Waals surface area contributed by atoms with E-state index in [0.29, 0.717) is 10.4 Å². The lowest BCUT2D eigenvalue weighted by atomic mass is 10.1. The number of carboxylic acids is 1. The van der Waals surface area contributed by atoms with Gasteiger partial charge in [0.05, 0.1) is 15.6 Å². The highest BCUT2D eigenvalue weighted by atomic mass is 35.5. The van der Waals surface area contributed by atoms with Crippen molar-refractivity contribution in [2.45, 2.75) is 0 Å². The van der Waals surface area contributed by atoms with Gasteiger partial charge in [-0.25, -0.2) is 4.79 Å². The zero-order chi connectivity index (χ0) is 10.3. The number of fused-ring (bicyclic) bond motifs is 1. The average molecular weight is 228 g/mol. The Morgan fingerprint density at radius 2 is 2.21 bits per heavy atom. The highest BCUT2D eigenvalue weighted by molar-refractivity contribution is 7.22. The molecule has 0 radical (unpaired) electrons. The lowest BCUT2D eigenvalue weighted by Crippen LogP contribution is -1.97. The SMILES string of the molecule is Nc1cc2c(C(=O)O)c(Cl)ccc2s1. The lowest BCUT2D eigenvalue weighted by molar-refractivity contribution is 0.0699. The van der Waals surface area contributed by atoms with Gasteiger partial charge in [0.15, 0.2) is 0 Å². The standard InChI is InChI=1S/C9H6ClNO2S/c10-5-1-2-6-4(3-7(11)14-6)8(5)9(12)13/h1-3H,11H2,(H,12,13). The molecule has 0 atom stereocenters. The molecule has 0 saturated heterocycles. The zero-order valence-corrected chi connectivity index (χ0v) is 8.52. The molecule has 0 aliphatic rings. The molecular formula is C9H6ClNO2S. The Balaban J connectivity index is 2.88. The Labute approximate surface area is 88.7 Å². The van der Waals surface area contributed by atoms with E-state index in [1.165, 1.54) is 11.3 Å². The summed E-state index contributed by atoms with van der Waals surface area (Å²) in [7, 11) is 0. The number of rotatable bonds is 1. The number of nitrogens with two attached hydrogens (primary N) is 1. The summed E-state index contributed by atoms with van der Waals surface area (Å²) in [5, 5.41) is 10.4. The van der Waals surface area contributed by atoms with Crippen LogP contribution in [0.1, 0.15) is 10.4 Å². The van der Waals surface area contributed by atoms with E-state index >= 15 is 0 Å². The molecule has 1 aromatic heterocycles. The van der Waals surface area contributed by atoms with Gasteiger partial charge < -0.3 is 10.8 Å². The molecule has 0 aliphatic heterocycles. The summed E-state index contributed by atoms with van der Waals surface area (Å²) >= 11 is 7.14. The Morgan fingerprint density at radius 1 is 1.50 bits per heavy atom. The predicted octanol–water partition coefficient (Wildman–Crippen LogP) is 2.84. The molecule has 0 aliphatic carbocycles. The number of nitrogen functional groups attached to an aromatic ring is 1. The van der Waals surface area contributed by atoms with Crippen LogP contribution in [0.2, 0.25) is 5.02 Å². The maximum atomic E-state index is 10.9. The van der Waals surface area contributed by atoms with Crippen molar-refractivity contribution in [3.8, 4) is 0 Å². The number of hydrogen-bond acceptors (Lipinski definition) is 3. The van der Waals surface area contributed by atoms with Crippen molar-refractivity contribution in [3.63, 3.8) is 0 Å². The van der Waals surface area contributed by atoms with Gasteiger partial charge >= 0.3 is 5.97 Å². The Hall–Kier alpha value is -1.26. The summed E-state index contributed by atoms with van der Waals surface area (Å²) in [4.78, 5) is 10.9. The van der Waals surface area contributed by atoms with Gasteiger partial charge in [-0.3, -0.25) is 0 Å². The van der Waals surface area contributed by atoms with Gasteiger partial charge in [-0.1, -0.05) is 11.6 Å². The van der Waals surface area contributed by atoms with Crippen LogP contribution < -0.4 is 5.73 Å². The van der Waals surface area contributed by atoms with E-state index in [-0.39, 0.29) is 10.6 Å². The van der Waals surface area contributed by atoms with Crippen molar-refractivity contribution in [2.24, 2.45) is 0 Å². The highest BCUT2D eigenvalue weighted by Crippen LogP contribution is 2.33. The van der Waals surface area contributed by atoms with Crippen LogP contribution >= 0.6 is 22.9 Å². The van der Waals surface area contributed by atoms with Crippen LogP contribution in [0.15, 0.2) is 18.2 Å². The molecule has 0 saturated carbocycles. The quantitative estimate of drug-likeness (QED) is 0.788. The molecule has 3 N–H and O–H groups in total. The number of anilines is 1. The van der Waals surface area contributed by atoms with Gasteiger partial charge in [0.2, 0.25) is 0 Å². The first kappa shape index (κ1) is 9.30. The number of aromatic carboxylic acids is 1. The number of benzene rings is 1. The number of halogens is 1. The third-order valence-corrected chi connectivity index (χ3v) is 3.13. The molecule has 0 fully saturated rings. The van der Waals surface area contributed by atoms with Crippen LogP contribution in [-0.2, 0) is 0 Å². The molecule has 0 spiro atoms. The fourth-order valence-electron chi connectivity index (χ4n) is 1.32. The van der Waals surface area contributed by atoms with E-state index in [2.05, 4.69) is 0 Å². The molecular weight excluding hydrogens is 222 g/mol. The van der Waals surface area contributed by atoms with Gasteiger partial charge in [0.1, 0.15) is 0 Å². The minimum absolute atomic E-state index is 0.122. The number of thiophene rings is 1. The van der Waals surface area contributed by atoms with Crippen LogP contribution in [0, 0.1) is 0 Å². The van der Waals surface area contributed by atoms with Crippen molar-refractivity contribution in [2.75, 3.05) is 5.73 Å². The van der Waals surface area contributed by atoms with Gasteiger partial charge in [-0.05, 0) is 18.2 Å². The summed E-state index contributed by atoms with van der Waals surface area (Å²) in [6.07, 6.45) is 0. The second-order valence-electron chi connectivity index (χ2n) is 2.79. The molecule has 0 amide bonds. The lowest BCUT2D eigenvalue weighted by Gasteiger charge is -1.99. The molecule has 1 aromatic carbocycles. The van der Waals surface area contributed by atoms with Crippen LogP contribution in [0.4, 0.5) is 5.00 Å². The smallest absolute Gasteiger partial charge is 0.337 e. The van der Waals surface area contributed by atoms with E-state index in [0.717, 1.165) is 4.70 Å². The minimum Gasteiger partial charge on any atom is -0.478 e. The summed E-state index contributed by atoms with van der Waals surface area (Å²) in [6, 6.07) is 4.98. The predicted molar refractivity (Wildman–Crippen MR) is 58.2 cm³/mol. The molecule has 0 unspecified atom stereocenters. The van der Waals surface area contributed by atoms with E-state index in [4.69, 9.17) is 22.4 Å². The van der Waals surface area contributed by atoms with Crippen molar-refractivity contribution < 1.29 is 9.90 Å². The van der Waals surface area contributed by atoms with Crippen LogP contribution in [0.25, 0.3) is 10.1 Å². The van der Waals surface area contributed by atoms with Crippen LogP contribution in [0.3, 0.4) is 0 Å². The summed E-state index contributed by atoms with van der Waals surface area (Å²) < 4.78 is 0.837. The fraction of sp³-hybridized carbons (Fsp3) is 0. The zero-order valence-electron chi connectivity index (χ0n) is 6.95. The largest absolute Gasteiger partial charge is 0.478 e. The molecule has 72 valence electrons. The summed E-state index contributed by atoms with van der Waals surface area (Å²) in [5.74, 6) is -1.03. The average Bonchev–Trinajstić information content (AvgIpc) is 2.43. The second kappa shape index (κ2) is 3.15. The van der Waals surface area contributed by atoms with Crippen LogP contribution in [0.5, 0.6) is 0 Å². The third-order valence-electron chi connectivity index (χ3n) is 1.88. The van der Waals surface area contributed by atoms with Crippen molar-refractivity contribution in [1.82, 2.24) is 0 Å². The van der Waals surface area contributed by atoms with Crippen molar-refractivity contribution >= 4 is 44.0 Å². The van der Waals surface area contributed by atoms with Crippen LogP contribution in [-0.4, -0.2) is 11.1 Å². The Bertz CT molecular complexity index is 521. The normalized spacial score (nSPS) is 10.6. The van der Waals surface area contributed by atoms with E-state index < -0.39 is 5.97 Å². The first-order valence-corrected chi connectivity index (χ1v) is 5.00. The van der Waals surface area contributed by atoms with Crippen molar-refractivity contribution in [3.05, 3.63) is 28.8 Å². The first-order valence-electron chi connectivity index (χ1n) is 3.80. The van der Waals surface area contributed by atoms with Crippen molar-refractivity contribution in [1.29, 1.82) is 0 Å². The molecule has 1 heterocycles. The number of hydrogen-bond donors (Lipinski definition) is 2. The minimum atomic E-state index is -1.03. The summed E-state index contributed by atoms with van der Waals surface area (Å²) in [6.45, 7) is 0. The number of carboxylic acid groups (broad SMARTS) is 1. The van der Waals surface area contributed by atoms with Gasteiger partial charge in [-0.2, -0.15) is 0 Å². The monoisotopic (exact) mass is 227 g/mol. The fourth-order valence-corrected chi connectivity index (χ4v) is 2.41. The molecule has 2 aromatic rings. The molecule has 0 bridgehead atoms. The maximum Gasteiger partial charge on any atom is 0.337 e. The Kier molecular flexibility index (Phi) is 2.09. The van der Waals surface area contributed by atoms with Gasteiger partial charge in [-0.15, -0.1) is 11.3 Å². The molecule has 2 rings (SSSR count). The summed E-state index contributed by atoms with van der Waals surface area (Å²) in [5.41, 5.74) is 5.71. The highest BCUT2D eigenvalue weighted by Gasteiger charge is 2.14. The third kappa shape index (κ3) is 1.32. The number of carbonyl (C=O) groups is 1. The Morgan fingerprint density at radius 3 is 2.86 bits per heavy atom. The van der Waals surface area contributed by atoms with E-state index in [9.17, 15) is 4.79 Å². The molecule has 14 heavy (non-hydrogen) atoms. The topological polar surface area (TPSA) is 63.3 Å². The second-order valence-corrected chi connectivity index (χ2v) is 4.31. The maximum absolute atomic E-state index is 10.9. The molecule has 5 heteroatoms. The molecule has 3 nitrogen and oxygen atoms in total.